The van der Waals surface area contributed by atoms with Crippen molar-refractivity contribution in [2.45, 2.75) is 25.4 Å². The molecule has 3 aliphatic rings. The molecule has 1 aromatic carbocycles. The van der Waals surface area contributed by atoms with Crippen LogP contribution in [-0.2, 0) is 19.1 Å². The van der Waals surface area contributed by atoms with Gasteiger partial charge in [0, 0.05) is 68.7 Å². The Labute approximate surface area is 256 Å². The zero-order chi connectivity index (χ0) is 30.5. The molecular formula is C28H32ClFN6O6S. The number of amides is 2. The molecule has 12 nitrogen and oxygen atoms in total. The van der Waals surface area contributed by atoms with Gasteiger partial charge in [-0.05, 0) is 19.4 Å². The highest BCUT2D eigenvalue weighted by molar-refractivity contribution is 7.11. The van der Waals surface area contributed by atoms with Gasteiger partial charge < -0.3 is 29.7 Å². The summed E-state index contributed by atoms with van der Waals surface area (Å²) in [5, 5.41) is 14.3. The lowest BCUT2D eigenvalue weighted by atomic mass is 9.95. The van der Waals surface area contributed by atoms with Crippen LogP contribution < -0.4 is 5.32 Å². The number of aliphatic imine (C=N–C) groups is 1. The van der Waals surface area contributed by atoms with Crippen LogP contribution in [-0.4, -0.2) is 114 Å². The minimum atomic E-state index is -1.03. The van der Waals surface area contributed by atoms with Crippen LogP contribution in [0.15, 0.2) is 46.0 Å². The third-order valence-electron chi connectivity index (χ3n) is 7.37. The van der Waals surface area contributed by atoms with Gasteiger partial charge in [-0.1, -0.05) is 23.7 Å². The second kappa shape index (κ2) is 13.8. The van der Waals surface area contributed by atoms with E-state index < -0.39 is 23.8 Å². The van der Waals surface area contributed by atoms with Gasteiger partial charge in [-0.2, -0.15) is 0 Å². The number of carbonyl (C=O) groups excluding carboxylic acids is 2. The van der Waals surface area contributed by atoms with Crippen molar-refractivity contribution in [2.75, 3.05) is 59.1 Å². The maximum atomic E-state index is 14.6. The summed E-state index contributed by atoms with van der Waals surface area (Å²) < 4.78 is 25.1. The van der Waals surface area contributed by atoms with E-state index in [0.29, 0.717) is 67.8 Å². The predicted octanol–water partition coefficient (Wildman–Crippen LogP) is 2.76. The normalized spacial score (nSPS) is 20.6. The number of aromatic nitrogens is 1. The van der Waals surface area contributed by atoms with E-state index in [4.69, 9.17) is 31.2 Å². The van der Waals surface area contributed by atoms with Crippen LogP contribution in [0.1, 0.15) is 30.0 Å². The van der Waals surface area contributed by atoms with E-state index in [-0.39, 0.29) is 42.5 Å². The van der Waals surface area contributed by atoms with E-state index >= 15 is 0 Å². The first-order valence-electron chi connectivity index (χ1n) is 13.9. The Morgan fingerprint density at radius 3 is 2.86 bits per heavy atom. The number of hydrogen-bond donors (Lipinski definition) is 2. The molecule has 2 aromatic rings. The number of benzene rings is 1. The maximum absolute atomic E-state index is 14.6. The SMILES string of the molecule is CCOC(=O)C1=C(CN2CCN3C(=O)N(CCCOCC(=O)O)CC3C2)NC(c2nccs2)=NC1c1cccc(F)c1Cl. The van der Waals surface area contributed by atoms with E-state index in [9.17, 15) is 18.8 Å². The lowest BCUT2D eigenvalue weighted by Gasteiger charge is -2.38. The Bertz CT molecular complexity index is 1420. The van der Waals surface area contributed by atoms with Crippen molar-refractivity contribution in [3.63, 3.8) is 0 Å². The first-order valence-corrected chi connectivity index (χ1v) is 15.2. The quantitative estimate of drug-likeness (QED) is 0.267. The summed E-state index contributed by atoms with van der Waals surface area (Å²) in [4.78, 5) is 52.0. The third kappa shape index (κ3) is 6.98. The van der Waals surface area contributed by atoms with Gasteiger partial charge in [-0.3, -0.25) is 9.89 Å². The van der Waals surface area contributed by atoms with E-state index in [0.717, 1.165) is 0 Å². The molecule has 1 aromatic heterocycles. The highest BCUT2D eigenvalue weighted by Gasteiger charge is 2.41. The molecule has 0 spiro atoms. The Balaban J connectivity index is 1.37. The number of fused-ring (bicyclic) bond motifs is 1. The molecule has 230 valence electrons. The number of urea groups is 1. The fraction of sp³-hybridized carbons (Fsp3) is 0.464. The molecule has 4 heterocycles. The number of ether oxygens (including phenoxy) is 2. The fourth-order valence-corrected chi connectivity index (χ4v) is 6.31. The second-order valence-electron chi connectivity index (χ2n) is 10.2. The minimum absolute atomic E-state index is 0.0518. The third-order valence-corrected chi connectivity index (χ3v) is 8.55. The number of nitrogens with zero attached hydrogens (tertiary/aromatic N) is 5. The molecule has 0 radical (unpaired) electrons. The Kier molecular flexibility index (Phi) is 9.90. The van der Waals surface area contributed by atoms with Crippen LogP contribution in [0.2, 0.25) is 5.02 Å². The molecule has 43 heavy (non-hydrogen) atoms. The number of piperazine rings is 1. The average Bonchev–Trinajstić information content (AvgIpc) is 3.62. The topological polar surface area (TPSA) is 137 Å². The van der Waals surface area contributed by atoms with E-state index in [2.05, 4.69) is 15.2 Å². The number of halogens is 2. The maximum Gasteiger partial charge on any atom is 0.338 e. The summed E-state index contributed by atoms with van der Waals surface area (Å²) in [6.45, 7) is 4.69. The van der Waals surface area contributed by atoms with Crippen molar-refractivity contribution < 1.29 is 33.4 Å². The minimum Gasteiger partial charge on any atom is -0.480 e. The van der Waals surface area contributed by atoms with Crippen LogP contribution in [0, 0.1) is 5.82 Å². The van der Waals surface area contributed by atoms with Crippen molar-refractivity contribution in [3.05, 3.63) is 62.5 Å². The number of rotatable bonds is 12. The standard InChI is InChI=1S/C28H32ClFN6O6S/c1-2-42-27(39)22-20(32-25(26-31-7-12-43-26)33-24(22)18-5-3-6-19(30)23(18)29)15-34-9-10-36-17(13-34)14-35(28(36)40)8-4-11-41-16-21(37)38/h3,5-7,12,17,24H,2,4,8-11,13-16H2,1H3,(H,32,33)(H,37,38). The monoisotopic (exact) mass is 634 g/mol. The number of amidine groups is 1. The smallest absolute Gasteiger partial charge is 0.338 e. The van der Waals surface area contributed by atoms with Gasteiger partial charge in [0.15, 0.2) is 10.8 Å². The van der Waals surface area contributed by atoms with Crippen LogP contribution in [0.3, 0.4) is 0 Å². The van der Waals surface area contributed by atoms with Gasteiger partial charge >= 0.3 is 18.0 Å². The molecule has 2 N–H and O–H groups in total. The average molecular weight is 635 g/mol. The molecule has 0 saturated carbocycles. The molecule has 3 aliphatic heterocycles. The molecule has 2 unspecified atom stereocenters. The molecular weight excluding hydrogens is 603 g/mol. The Hall–Kier alpha value is -3.59. The molecule has 2 fully saturated rings. The number of nitrogens with one attached hydrogen (secondary N) is 1. The molecule has 0 aliphatic carbocycles. The Morgan fingerprint density at radius 1 is 1.28 bits per heavy atom. The zero-order valence-corrected chi connectivity index (χ0v) is 25.1. The number of carboxylic acid groups (broad SMARTS) is 1. The van der Waals surface area contributed by atoms with Crippen molar-refractivity contribution in [3.8, 4) is 0 Å². The van der Waals surface area contributed by atoms with Crippen molar-refractivity contribution in [2.24, 2.45) is 4.99 Å². The van der Waals surface area contributed by atoms with Gasteiger partial charge in [0.05, 0.1) is 23.2 Å². The predicted molar refractivity (Wildman–Crippen MR) is 157 cm³/mol. The summed E-state index contributed by atoms with van der Waals surface area (Å²) in [5.74, 6) is -1.79. The van der Waals surface area contributed by atoms with E-state index in [1.807, 2.05) is 10.3 Å². The number of carboxylic acids is 1. The summed E-state index contributed by atoms with van der Waals surface area (Å²) in [5.41, 5.74) is 1.13. The van der Waals surface area contributed by atoms with Gasteiger partial charge in [0.2, 0.25) is 0 Å². The number of carbonyl (C=O) groups is 3. The van der Waals surface area contributed by atoms with Crippen LogP contribution in [0.25, 0.3) is 0 Å². The van der Waals surface area contributed by atoms with Gasteiger partial charge in [-0.25, -0.2) is 23.8 Å². The lowest BCUT2D eigenvalue weighted by molar-refractivity contribution is -0.142. The number of thiazole rings is 1. The highest BCUT2D eigenvalue weighted by atomic mass is 35.5. The number of hydrogen-bond acceptors (Lipinski definition) is 10. The van der Waals surface area contributed by atoms with Crippen molar-refractivity contribution in [1.82, 2.24) is 25.0 Å². The van der Waals surface area contributed by atoms with E-state index in [1.54, 1.807) is 24.1 Å². The summed E-state index contributed by atoms with van der Waals surface area (Å²) >= 11 is 7.78. The lowest BCUT2D eigenvalue weighted by Crippen LogP contribution is -2.53. The number of esters is 1. The summed E-state index contributed by atoms with van der Waals surface area (Å²) in [6.07, 6.45) is 2.19. The summed E-state index contributed by atoms with van der Waals surface area (Å²) in [6, 6.07) is 3.39. The van der Waals surface area contributed by atoms with Gasteiger partial charge in [0.25, 0.3) is 0 Å². The molecule has 2 atom stereocenters. The first kappa shape index (κ1) is 30.9. The molecule has 15 heteroatoms. The zero-order valence-electron chi connectivity index (χ0n) is 23.5. The second-order valence-corrected chi connectivity index (χ2v) is 11.5. The molecule has 2 amide bonds. The Morgan fingerprint density at radius 2 is 2.12 bits per heavy atom. The van der Waals surface area contributed by atoms with Gasteiger partial charge in [-0.15, -0.1) is 11.3 Å². The van der Waals surface area contributed by atoms with Gasteiger partial charge in [0.1, 0.15) is 18.5 Å². The van der Waals surface area contributed by atoms with Crippen molar-refractivity contribution in [1.29, 1.82) is 0 Å². The summed E-state index contributed by atoms with van der Waals surface area (Å²) in [7, 11) is 0. The first-order chi connectivity index (χ1) is 20.8. The molecule has 5 rings (SSSR count). The fourth-order valence-electron chi connectivity index (χ4n) is 5.49. The molecule has 2 saturated heterocycles. The molecule has 0 bridgehead atoms. The largest absolute Gasteiger partial charge is 0.480 e. The highest BCUT2D eigenvalue weighted by Crippen LogP contribution is 2.37. The van der Waals surface area contributed by atoms with Crippen LogP contribution in [0.5, 0.6) is 0 Å². The van der Waals surface area contributed by atoms with Crippen LogP contribution in [0.4, 0.5) is 9.18 Å². The van der Waals surface area contributed by atoms with Crippen molar-refractivity contribution >= 4 is 46.7 Å². The van der Waals surface area contributed by atoms with Crippen LogP contribution >= 0.6 is 22.9 Å². The van der Waals surface area contributed by atoms with E-state index in [1.165, 1.54) is 23.5 Å². The number of aliphatic carboxylic acids is 1.